The molecule has 4 atom stereocenters. The quantitative estimate of drug-likeness (QED) is 0.822. The maximum Gasteiger partial charge on any atom is 0.257 e. The summed E-state index contributed by atoms with van der Waals surface area (Å²) in [6.07, 6.45) is 4.26. The second-order valence-corrected chi connectivity index (χ2v) is 9.15. The number of hydrogen-bond acceptors (Lipinski definition) is 3. The van der Waals surface area contributed by atoms with E-state index in [0.29, 0.717) is 19.5 Å². The third-order valence-corrected chi connectivity index (χ3v) is 7.26. The van der Waals surface area contributed by atoms with Gasteiger partial charge in [-0.25, -0.2) is 4.39 Å². The van der Waals surface area contributed by atoms with Crippen molar-refractivity contribution in [3.8, 4) is 5.75 Å². The first-order valence-corrected chi connectivity index (χ1v) is 11.1. The Bertz CT molecular complexity index is 996. The van der Waals surface area contributed by atoms with E-state index in [9.17, 15) is 19.1 Å². The van der Waals surface area contributed by atoms with E-state index >= 15 is 0 Å². The first-order chi connectivity index (χ1) is 15.0. The van der Waals surface area contributed by atoms with Crippen molar-refractivity contribution in [3.05, 3.63) is 65.5 Å². The van der Waals surface area contributed by atoms with E-state index in [2.05, 4.69) is 17.0 Å². The van der Waals surface area contributed by atoms with Crippen LogP contribution in [-0.4, -0.2) is 51.9 Å². The van der Waals surface area contributed by atoms with Crippen LogP contribution in [0.5, 0.6) is 5.75 Å². The topological polar surface area (TPSA) is 60.9 Å². The molecule has 3 heterocycles. The van der Waals surface area contributed by atoms with E-state index in [1.54, 1.807) is 4.90 Å². The van der Waals surface area contributed by atoms with Crippen LogP contribution in [0.1, 0.15) is 41.6 Å². The fraction of sp³-hybridized carbons (Fsp3) is 0.440. The van der Waals surface area contributed by atoms with E-state index in [1.165, 1.54) is 17.7 Å². The molecule has 0 spiro atoms. The summed E-state index contributed by atoms with van der Waals surface area (Å²) in [6.45, 7) is 1.11. The van der Waals surface area contributed by atoms with Crippen molar-refractivity contribution in [2.24, 2.45) is 11.8 Å². The van der Waals surface area contributed by atoms with Gasteiger partial charge in [0.1, 0.15) is 11.6 Å². The molecule has 6 heteroatoms. The fourth-order valence-electron chi connectivity index (χ4n) is 5.91. The predicted octanol–water partition coefficient (Wildman–Crippen LogP) is 3.62. The number of amides is 2. The molecule has 3 saturated heterocycles. The number of nitrogens with zero attached hydrogens (tertiary/aromatic N) is 2. The van der Waals surface area contributed by atoms with Crippen molar-refractivity contribution in [2.45, 2.75) is 44.2 Å². The van der Waals surface area contributed by atoms with Gasteiger partial charge in [0.05, 0.1) is 5.56 Å². The normalized spacial score (nSPS) is 27.7. The summed E-state index contributed by atoms with van der Waals surface area (Å²) in [7, 11) is 0. The van der Waals surface area contributed by atoms with Crippen molar-refractivity contribution in [1.29, 1.82) is 0 Å². The molecule has 31 heavy (non-hydrogen) atoms. The minimum atomic E-state index is -0.566. The molecule has 3 aliphatic heterocycles. The standard InChI is InChI=1S/C25H27FN2O3/c26-19-9-10-20(23(29)13-19)25(31)27-14-17-12-18(15-27)22(11-16-5-2-1-3-6-16)28-21(17)7-4-8-24(28)30/h1-3,5-6,9-10,13,17-18,21-22,29H,4,7-8,11-12,14-15H2/t17-,18+,21+,22+/m1/s1. The molecule has 0 saturated carbocycles. The summed E-state index contributed by atoms with van der Waals surface area (Å²) in [5, 5.41) is 10.1. The summed E-state index contributed by atoms with van der Waals surface area (Å²) < 4.78 is 13.4. The number of phenols is 1. The number of phenolic OH excluding ortho intramolecular Hbond substituents is 1. The molecule has 5 nitrogen and oxygen atoms in total. The number of carbonyl (C=O) groups excluding carboxylic acids is 2. The first-order valence-electron chi connectivity index (χ1n) is 11.1. The number of hydrogen-bond donors (Lipinski definition) is 1. The lowest BCUT2D eigenvalue weighted by Gasteiger charge is -2.56. The molecule has 0 aromatic heterocycles. The Morgan fingerprint density at radius 1 is 1.10 bits per heavy atom. The Kier molecular flexibility index (Phi) is 5.16. The van der Waals surface area contributed by atoms with Crippen molar-refractivity contribution < 1.29 is 19.1 Å². The SMILES string of the molecule is O=C(c1ccc(F)cc1O)N1C[C@H]2C[C@@H](C1)[C@H](Cc1ccccc1)N1C(=O)CCC[C@@H]21. The van der Waals surface area contributed by atoms with Crippen LogP contribution in [0.2, 0.25) is 0 Å². The monoisotopic (exact) mass is 422 g/mol. The summed E-state index contributed by atoms with van der Waals surface area (Å²) in [4.78, 5) is 30.1. The Labute approximate surface area is 181 Å². The third-order valence-electron chi connectivity index (χ3n) is 7.26. The van der Waals surface area contributed by atoms with Gasteiger partial charge in [0.25, 0.3) is 5.91 Å². The van der Waals surface area contributed by atoms with Gasteiger partial charge in [-0.1, -0.05) is 30.3 Å². The number of benzene rings is 2. The van der Waals surface area contributed by atoms with Gasteiger partial charge in [0.2, 0.25) is 5.91 Å². The molecule has 5 rings (SSSR count). The van der Waals surface area contributed by atoms with E-state index in [4.69, 9.17) is 0 Å². The maximum atomic E-state index is 13.4. The first kappa shape index (κ1) is 20.0. The zero-order valence-electron chi connectivity index (χ0n) is 17.4. The van der Waals surface area contributed by atoms with Gasteiger partial charge in [0.15, 0.2) is 0 Å². The highest BCUT2D eigenvalue weighted by molar-refractivity contribution is 5.97. The smallest absolute Gasteiger partial charge is 0.257 e. The average Bonchev–Trinajstić information content (AvgIpc) is 2.77. The number of carbonyl (C=O) groups is 2. The van der Waals surface area contributed by atoms with Gasteiger partial charge in [-0.15, -0.1) is 0 Å². The molecular weight excluding hydrogens is 395 g/mol. The zero-order valence-corrected chi connectivity index (χ0v) is 17.4. The summed E-state index contributed by atoms with van der Waals surface area (Å²) >= 11 is 0. The van der Waals surface area contributed by atoms with Crippen molar-refractivity contribution in [3.63, 3.8) is 0 Å². The zero-order chi connectivity index (χ0) is 21.5. The maximum absolute atomic E-state index is 13.4. The molecule has 3 fully saturated rings. The van der Waals surface area contributed by atoms with Gasteiger partial charge < -0.3 is 14.9 Å². The molecule has 2 amide bonds. The molecule has 2 aromatic rings. The van der Waals surface area contributed by atoms with Gasteiger partial charge in [-0.2, -0.15) is 0 Å². The molecule has 0 unspecified atom stereocenters. The van der Waals surface area contributed by atoms with Gasteiger partial charge in [0, 0.05) is 37.7 Å². The molecule has 1 N–H and O–H groups in total. The Balaban J connectivity index is 1.45. The van der Waals surface area contributed by atoms with E-state index in [1.807, 2.05) is 18.2 Å². The highest BCUT2D eigenvalue weighted by Gasteiger charge is 2.50. The molecule has 2 aromatic carbocycles. The van der Waals surface area contributed by atoms with E-state index < -0.39 is 5.82 Å². The fourth-order valence-corrected chi connectivity index (χ4v) is 5.91. The predicted molar refractivity (Wildman–Crippen MR) is 114 cm³/mol. The molecule has 0 radical (unpaired) electrons. The number of aromatic hydroxyl groups is 1. The van der Waals surface area contributed by atoms with Gasteiger partial charge >= 0.3 is 0 Å². The number of likely N-dealkylation sites (tertiary alicyclic amines) is 1. The second-order valence-electron chi connectivity index (χ2n) is 9.15. The van der Waals surface area contributed by atoms with Crippen LogP contribution in [0.15, 0.2) is 48.5 Å². The molecular formula is C25H27FN2O3. The van der Waals surface area contributed by atoms with Gasteiger partial charge in [-0.3, -0.25) is 9.59 Å². The van der Waals surface area contributed by atoms with Crippen molar-refractivity contribution in [1.82, 2.24) is 9.80 Å². The minimum absolute atomic E-state index is 0.0638. The second kappa shape index (κ2) is 7.98. The Hall–Kier alpha value is -2.89. The Morgan fingerprint density at radius 2 is 1.87 bits per heavy atom. The average molecular weight is 423 g/mol. The van der Waals surface area contributed by atoms with Crippen LogP contribution in [0, 0.1) is 17.7 Å². The van der Waals surface area contributed by atoms with Crippen LogP contribution in [0.3, 0.4) is 0 Å². The molecule has 162 valence electrons. The summed E-state index contributed by atoms with van der Waals surface area (Å²) in [6, 6.07) is 14.0. The van der Waals surface area contributed by atoms with Crippen molar-refractivity contribution >= 4 is 11.8 Å². The lowest BCUT2D eigenvalue weighted by atomic mass is 9.70. The summed E-state index contributed by atoms with van der Waals surface area (Å²) in [5.41, 5.74) is 1.33. The van der Waals surface area contributed by atoms with Crippen molar-refractivity contribution in [2.75, 3.05) is 13.1 Å². The van der Waals surface area contributed by atoms with Crippen LogP contribution < -0.4 is 0 Å². The number of halogens is 1. The van der Waals surface area contributed by atoms with E-state index in [-0.39, 0.29) is 47.0 Å². The van der Waals surface area contributed by atoms with Crippen LogP contribution in [-0.2, 0) is 11.2 Å². The third kappa shape index (κ3) is 3.68. The number of rotatable bonds is 3. The highest BCUT2D eigenvalue weighted by Crippen LogP contribution is 2.43. The minimum Gasteiger partial charge on any atom is -0.507 e. The lowest BCUT2D eigenvalue weighted by molar-refractivity contribution is -0.151. The summed E-state index contributed by atoms with van der Waals surface area (Å²) in [5.74, 6) is -0.491. The lowest BCUT2D eigenvalue weighted by Crippen LogP contribution is -2.66. The highest BCUT2D eigenvalue weighted by atomic mass is 19.1. The van der Waals surface area contributed by atoms with Crippen LogP contribution >= 0.6 is 0 Å². The van der Waals surface area contributed by atoms with Gasteiger partial charge in [-0.05, 0) is 55.2 Å². The van der Waals surface area contributed by atoms with Crippen LogP contribution in [0.4, 0.5) is 4.39 Å². The van der Waals surface area contributed by atoms with E-state index in [0.717, 1.165) is 31.7 Å². The Morgan fingerprint density at radius 3 is 2.65 bits per heavy atom. The largest absolute Gasteiger partial charge is 0.507 e. The molecule has 0 aliphatic carbocycles. The molecule has 3 aliphatic rings. The van der Waals surface area contributed by atoms with Crippen LogP contribution in [0.25, 0.3) is 0 Å². The number of fused-ring (bicyclic) bond motifs is 4. The number of piperidine rings is 3. The molecule has 2 bridgehead atoms.